The molecule has 4 rings (SSSR count). The average molecular weight is 501 g/mol. The summed E-state index contributed by atoms with van der Waals surface area (Å²) in [6.45, 7) is 3.76. The van der Waals surface area contributed by atoms with Crippen molar-refractivity contribution < 1.29 is 23.8 Å². The van der Waals surface area contributed by atoms with Crippen molar-refractivity contribution in [2.75, 3.05) is 32.0 Å². The Morgan fingerprint density at radius 2 is 1.35 bits per heavy atom. The monoisotopic (exact) mass is 500 g/mol. The lowest BCUT2D eigenvalue weighted by molar-refractivity contribution is 0.101. The van der Waals surface area contributed by atoms with Gasteiger partial charge in [0.05, 0.1) is 44.1 Å². The molecule has 4 aromatic rings. The van der Waals surface area contributed by atoms with Crippen molar-refractivity contribution in [3.8, 4) is 22.9 Å². The Morgan fingerprint density at radius 1 is 0.757 bits per heavy atom. The van der Waals surface area contributed by atoms with Crippen LogP contribution >= 0.6 is 0 Å². The number of hydrogen-bond acceptors (Lipinski definition) is 6. The molecule has 1 heterocycles. The van der Waals surface area contributed by atoms with Gasteiger partial charge in [-0.3, -0.25) is 9.59 Å². The van der Waals surface area contributed by atoms with E-state index in [-0.39, 0.29) is 11.8 Å². The minimum Gasteiger partial charge on any atom is -0.493 e. The molecule has 190 valence electrons. The highest BCUT2D eigenvalue weighted by Crippen LogP contribution is 2.38. The van der Waals surface area contributed by atoms with Crippen LogP contribution in [0.1, 0.15) is 32.1 Å². The van der Waals surface area contributed by atoms with Gasteiger partial charge in [0.25, 0.3) is 11.8 Å². The maximum Gasteiger partial charge on any atom is 0.255 e. The summed E-state index contributed by atoms with van der Waals surface area (Å²) in [5, 5.41) is 10.3. The molecule has 0 aliphatic rings. The lowest BCUT2D eigenvalue weighted by Crippen LogP contribution is -2.14. The topological polar surface area (TPSA) is 104 Å². The van der Waals surface area contributed by atoms with Gasteiger partial charge < -0.3 is 24.8 Å². The van der Waals surface area contributed by atoms with E-state index in [0.717, 1.165) is 11.4 Å². The van der Waals surface area contributed by atoms with Crippen LogP contribution in [0.15, 0.2) is 66.7 Å². The van der Waals surface area contributed by atoms with E-state index in [1.807, 2.05) is 44.2 Å². The van der Waals surface area contributed by atoms with Crippen molar-refractivity contribution in [1.29, 1.82) is 0 Å². The van der Waals surface area contributed by atoms with Gasteiger partial charge in [0, 0.05) is 16.8 Å². The van der Waals surface area contributed by atoms with Gasteiger partial charge in [-0.1, -0.05) is 18.2 Å². The number of aromatic nitrogens is 2. The molecular formula is C28H28N4O5. The van der Waals surface area contributed by atoms with Crippen LogP contribution in [0.4, 0.5) is 11.4 Å². The van der Waals surface area contributed by atoms with Gasteiger partial charge in [0.15, 0.2) is 11.5 Å². The number of para-hydroxylation sites is 1. The maximum absolute atomic E-state index is 12.9. The van der Waals surface area contributed by atoms with E-state index < -0.39 is 0 Å². The second kappa shape index (κ2) is 10.9. The number of aryl methyl sites for hydroxylation is 1. The minimum atomic E-state index is -0.365. The Labute approximate surface area is 215 Å². The fourth-order valence-electron chi connectivity index (χ4n) is 3.95. The number of amides is 2. The maximum atomic E-state index is 12.9. The lowest BCUT2D eigenvalue weighted by Gasteiger charge is -2.14. The summed E-state index contributed by atoms with van der Waals surface area (Å²) >= 11 is 0. The minimum absolute atomic E-state index is 0.277. The zero-order chi connectivity index (χ0) is 26.5. The van der Waals surface area contributed by atoms with Crippen molar-refractivity contribution in [3.05, 3.63) is 89.2 Å². The molecule has 0 saturated heterocycles. The average Bonchev–Trinajstić information content (AvgIpc) is 3.21. The summed E-state index contributed by atoms with van der Waals surface area (Å²) in [5.74, 6) is 0.509. The standard InChI is InChI=1S/C28H28N4O5/c1-17-25(18(2)32(31-17)22-9-7-6-8-10-22)30-27(33)19-11-13-21(14-12-19)29-28(34)20-15-23(35-3)26(37-5)24(16-20)36-4/h6-16H,1-5H3,(H,29,34)(H,30,33). The highest BCUT2D eigenvalue weighted by molar-refractivity contribution is 6.07. The van der Waals surface area contributed by atoms with Crippen LogP contribution in [0.25, 0.3) is 5.69 Å². The molecule has 0 radical (unpaired) electrons. The third-order valence-corrected chi connectivity index (χ3v) is 5.86. The van der Waals surface area contributed by atoms with E-state index in [4.69, 9.17) is 14.2 Å². The SMILES string of the molecule is COc1cc(C(=O)Nc2ccc(C(=O)Nc3c(C)nn(-c4ccccc4)c3C)cc2)cc(OC)c1OC. The summed E-state index contributed by atoms with van der Waals surface area (Å²) in [6.07, 6.45) is 0. The summed E-state index contributed by atoms with van der Waals surface area (Å²) in [4.78, 5) is 25.8. The molecule has 37 heavy (non-hydrogen) atoms. The van der Waals surface area contributed by atoms with Crippen LogP contribution in [0.3, 0.4) is 0 Å². The fourth-order valence-corrected chi connectivity index (χ4v) is 3.95. The molecule has 0 bridgehead atoms. The number of ether oxygens (including phenoxy) is 3. The molecule has 0 atom stereocenters. The number of hydrogen-bond donors (Lipinski definition) is 2. The first-order valence-corrected chi connectivity index (χ1v) is 11.5. The quantitative estimate of drug-likeness (QED) is 0.352. The van der Waals surface area contributed by atoms with Crippen LogP contribution in [-0.2, 0) is 0 Å². The fraction of sp³-hybridized carbons (Fsp3) is 0.179. The van der Waals surface area contributed by atoms with Gasteiger partial charge in [0.2, 0.25) is 5.75 Å². The van der Waals surface area contributed by atoms with Gasteiger partial charge in [-0.2, -0.15) is 5.10 Å². The van der Waals surface area contributed by atoms with Gasteiger partial charge in [0.1, 0.15) is 0 Å². The first-order chi connectivity index (χ1) is 17.9. The van der Waals surface area contributed by atoms with Crippen LogP contribution in [0.5, 0.6) is 17.2 Å². The summed E-state index contributed by atoms with van der Waals surface area (Å²) < 4.78 is 17.7. The van der Waals surface area contributed by atoms with Crippen molar-refractivity contribution in [2.24, 2.45) is 0 Å². The third-order valence-electron chi connectivity index (χ3n) is 5.86. The second-order valence-electron chi connectivity index (χ2n) is 8.19. The highest BCUT2D eigenvalue weighted by atomic mass is 16.5. The zero-order valence-corrected chi connectivity index (χ0v) is 21.3. The predicted octanol–water partition coefficient (Wildman–Crippen LogP) is 5.02. The van der Waals surface area contributed by atoms with E-state index in [2.05, 4.69) is 15.7 Å². The number of benzene rings is 3. The molecule has 2 N–H and O–H groups in total. The summed E-state index contributed by atoms with van der Waals surface area (Å²) in [7, 11) is 4.46. The zero-order valence-electron chi connectivity index (χ0n) is 21.3. The third kappa shape index (κ3) is 5.25. The van der Waals surface area contributed by atoms with Crippen LogP contribution in [-0.4, -0.2) is 42.9 Å². The Hall–Kier alpha value is -4.79. The second-order valence-corrected chi connectivity index (χ2v) is 8.19. The Kier molecular flexibility index (Phi) is 7.43. The molecule has 3 aromatic carbocycles. The Bertz CT molecular complexity index is 1400. The Balaban J connectivity index is 1.48. The highest BCUT2D eigenvalue weighted by Gasteiger charge is 2.18. The molecule has 2 amide bonds. The predicted molar refractivity (Wildman–Crippen MR) is 141 cm³/mol. The van der Waals surface area contributed by atoms with Gasteiger partial charge in [-0.25, -0.2) is 4.68 Å². The molecule has 0 saturated carbocycles. The molecule has 0 unspecified atom stereocenters. The lowest BCUT2D eigenvalue weighted by atomic mass is 10.1. The van der Waals surface area contributed by atoms with Crippen molar-refractivity contribution in [2.45, 2.75) is 13.8 Å². The largest absolute Gasteiger partial charge is 0.493 e. The molecule has 0 aliphatic heterocycles. The number of carbonyl (C=O) groups excluding carboxylic acids is 2. The van der Waals surface area contributed by atoms with E-state index >= 15 is 0 Å². The molecule has 0 spiro atoms. The molecule has 0 fully saturated rings. The van der Waals surface area contributed by atoms with Crippen LogP contribution in [0.2, 0.25) is 0 Å². The van der Waals surface area contributed by atoms with Crippen molar-refractivity contribution in [3.63, 3.8) is 0 Å². The summed E-state index contributed by atoms with van der Waals surface area (Å²) in [6, 6.07) is 19.5. The van der Waals surface area contributed by atoms with E-state index in [0.29, 0.717) is 45.4 Å². The summed E-state index contributed by atoms with van der Waals surface area (Å²) in [5.41, 5.74) is 4.41. The molecule has 1 aromatic heterocycles. The van der Waals surface area contributed by atoms with Crippen molar-refractivity contribution >= 4 is 23.2 Å². The van der Waals surface area contributed by atoms with Crippen molar-refractivity contribution in [1.82, 2.24) is 9.78 Å². The number of nitrogens with zero attached hydrogens (tertiary/aromatic N) is 2. The van der Waals surface area contributed by atoms with Crippen LogP contribution < -0.4 is 24.8 Å². The van der Waals surface area contributed by atoms with E-state index in [1.54, 1.807) is 41.1 Å². The Morgan fingerprint density at radius 3 is 1.92 bits per heavy atom. The molecule has 0 aliphatic carbocycles. The first-order valence-electron chi connectivity index (χ1n) is 11.5. The molecule has 9 nitrogen and oxygen atoms in total. The number of anilines is 2. The molecular weight excluding hydrogens is 472 g/mol. The number of methoxy groups -OCH3 is 3. The normalized spacial score (nSPS) is 10.5. The molecule has 9 heteroatoms. The number of rotatable bonds is 8. The van der Waals surface area contributed by atoms with E-state index in [1.165, 1.54) is 21.3 Å². The smallest absolute Gasteiger partial charge is 0.255 e. The van der Waals surface area contributed by atoms with Crippen LogP contribution in [0, 0.1) is 13.8 Å². The van der Waals surface area contributed by atoms with Gasteiger partial charge in [-0.15, -0.1) is 0 Å². The first kappa shape index (κ1) is 25.3. The van der Waals surface area contributed by atoms with Gasteiger partial charge >= 0.3 is 0 Å². The number of carbonyl (C=O) groups is 2. The van der Waals surface area contributed by atoms with Gasteiger partial charge in [-0.05, 0) is 62.4 Å². The number of nitrogens with one attached hydrogen (secondary N) is 2. The van der Waals surface area contributed by atoms with E-state index in [9.17, 15) is 9.59 Å².